The molecule has 1 aromatic rings. The van der Waals surface area contributed by atoms with E-state index in [9.17, 15) is 14.0 Å². The second-order valence-corrected chi connectivity index (χ2v) is 5.24. The Morgan fingerprint density at radius 3 is 2.57 bits per heavy atom. The molecule has 0 aromatic heterocycles. The third kappa shape index (κ3) is 5.41. The van der Waals surface area contributed by atoms with Gasteiger partial charge in [0.05, 0.1) is 11.3 Å². The minimum Gasteiger partial charge on any atom is -0.478 e. The number of carboxylic acids is 1. The molecule has 0 saturated carbocycles. The zero-order valence-electron chi connectivity index (χ0n) is 12.4. The van der Waals surface area contributed by atoms with Crippen LogP contribution in [0.25, 0.3) is 0 Å². The van der Waals surface area contributed by atoms with Gasteiger partial charge in [-0.05, 0) is 37.5 Å². The van der Waals surface area contributed by atoms with Crippen molar-refractivity contribution in [2.45, 2.75) is 39.7 Å². The highest BCUT2D eigenvalue weighted by Gasteiger charge is 2.15. The van der Waals surface area contributed by atoms with Crippen molar-refractivity contribution in [3.05, 3.63) is 29.6 Å². The van der Waals surface area contributed by atoms with E-state index in [0.29, 0.717) is 5.92 Å². The molecule has 6 heteroatoms. The number of amides is 2. The van der Waals surface area contributed by atoms with Crippen LogP contribution in [0.5, 0.6) is 0 Å². The molecule has 2 unspecified atom stereocenters. The number of rotatable bonds is 6. The molecule has 0 bridgehead atoms. The molecule has 1 rings (SSSR count). The van der Waals surface area contributed by atoms with Crippen LogP contribution in [0.1, 0.15) is 44.0 Å². The summed E-state index contributed by atoms with van der Waals surface area (Å²) in [4.78, 5) is 22.9. The number of carbonyl (C=O) groups is 2. The van der Waals surface area contributed by atoms with E-state index < -0.39 is 17.8 Å². The fourth-order valence-corrected chi connectivity index (χ4v) is 2.01. The lowest BCUT2D eigenvalue weighted by Crippen LogP contribution is -2.37. The van der Waals surface area contributed by atoms with Crippen LogP contribution in [-0.4, -0.2) is 23.1 Å². The van der Waals surface area contributed by atoms with Crippen LogP contribution < -0.4 is 10.6 Å². The number of hydrogen-bond acceptors (Lipinski definition) is 2. The van der Waals surface area contributed by atoms with Gasteiger partial charge in [0.15, 0.2) is 0 Å². The Labute approximate surface area is 123 Å². The molecule has 0 radical (unpaired) electrons. The van der Waals surface area contributed by atoms with Gasteiger partial charge in [-0.3, -0.25) is 0 Å². The summed E-state index contributed by atoms with van der Waals surface area (Å²) in [5, 5.41) is 14.2. The standard InChI is InChI=1S/C15H21FN2O3/c1-4-9(2)7-10(3)17-15(21)18-13-6-5-11(16)8-12(13)14(19)20/h5-6,8-10H,4,7H2,1-3H3,(H,19,20)(H2,17,18,21). The number of carbonyl (C=O) groups excluding carboxylic acids is 1. The molecule has 2 amide bonds. The van der Waals surface area contributed by atoms with Gasteiger partial charge in [0, 0.05) is 6.04 Å². The first-order chi connectivity index (χ1) is 9.83. The molecule has 0 spiro atoms. The molecule has 0 aliphatic carbocycles. The molecule has 0 aliphatic rings. The van der Waals surface area contributed by atoms with Crippen LogP contribution in [0.4, 0.5) is 14.9 Å². The van der Waals surface area contributed by atoms with E-state index in [2.05, 4.69) is 24.5 Å². The lowest BCUT2D eigenvalue weighted by molar-refractivity contribution is 0.0697. The summed E-state index contributed by atoms with van der Waals surface area (Å²) in [6.45, 7) is 6.06. The fourth-order valence-electron chi connectivity index (χ4n) is 2.01. The van der Waals surface area contributed by atoms with Gasteiger partial charge in [-0.2, -0.15) is 0 Å². The van der Waals surface area contributed by atoms with Crippen molar-refractivity contribution in [1.29, 1.82) is 0 Å². The molecule has 0 aliphatic heterocycles. The second-order valence-electron chi connectivity index (χ2n) is 5.24. The first-order valence-electron chi connectivity index (χ1n) is 6.93. The van der Waals surface area contributed by atoms with E-state index in [4.69, 9.17) is 5.11 Å². The summed E-state index contributed by atoms with van der Waals surface area (Å²) < 4.78 is 13.0. The van der Waals surface area contributed by atoms with E-state index in [1.165, 1.54) is 6.07 Å². The van der Waals surface area contributed by atoms with Crippen LogP contribution in [0.15, 0.2) is 18.2 Å². The smallest absolute Gasteiger partial charge is 0.337 e. The molecule has 0 heterocycles. The third-order valence-electron chi connectivity index (χ3n) is 3.29. The summed E-state index contributed by atoms with van der Waals surface area (Å²) >= 11 is 0. The third-order valence-corrected chi connectivity index (χ3v) is 3.29. The first kappa shape index (κ1) is 16.9. The molecular formula is C15H21FN2O3. The Morgan fingerprint density at radius 2 is 2.00 bits per heavy atom. The molecule has 21 heavy (non-hydrogen) atoms. The van der Waals surface area contributed by atoms with Crippen molar-refractivity contribution in [1.82, 2.24) is 5.32 Å². The van der Waals surface area contributed by atoms with Crippen LogP contribution >= 0.6 is 0 Å². The SMILES string of the molecule is CCC(C)CC(C)NC(=O)Nc1ccc(F)cc1C(=O)O. The van der Waals surface area contributed by atoms with E-state index in [0.717, 1.165) is 25.0 Å². The lowest BCUT2D eigenvalue weighted by Gasteiger charge is -2.18. The average molecular weight is 296 g/mol. The number of urea groups is 1. The monoisotopic (exact) mass is 296 g/mol. The van der Waals surface area contributed by atoms with Crippen LogP contribution in [0.2, 0.25) is 0 Å². The minimum absolute atomic E-state index is 0.0336. The van der Waals surface area contributed by atoms with Crippen molar-refractivity contribution in [2.75, 3.05) is 5.32 Å². The zero-order chi connectivity index (χ0) is 16.0. The van der Waals surface area contributed by atoms with Gasteiger partial charge in [-0.25, -0.2) is 14.0 Å². The first-order valence-corrected chi connectivity index (χ1v) is 6.93. The molecule has 0 fully saturated rings. The molecule has 3 N–H and O–H groups in total. The molecule has 0 saturated heterocycles. The number of nitrogens with one attached hydrogen (secondary N) is 2. The van der Waals surface area contributed by atoms with Crippen molar-refractivity contribution in [3.63, 3.8) is 0 Å². The number of anilines is 1. The van der Waals surface area contributed by atoms with E-state index >= 15 is 0 Å². The maximum Gasteiger partial charge on any atom is 0.337 e. The number of benzene rings is 1. The summed E-state index contributed by atoms with van der Waals surface area (Å²) in [5.74, 6) is -1.47. The Balaban J connectivity index is 2.69. The second kappa shape index (κ2) is 7.61. The summed E-state index contributed by atoms with van der Waals surface area (Å²) in [5.41, 5.74) is -0.211. The normalized spacial score (nSPS) is 13.3. The highest BCUT2D eigenvalue weighted by molar-refractivity contribution is 6.00. The lowest BCUT2D eigenvalue weighted by atomic mass is 10.0. The molecule has 2 atom stereocenters. The Morgan fingerprint density at radius 1 is 1.33 bits per heavy atom. The van der Waals surface area contributed by atoms with Gasteiger partial charge in [0.1, 0.15) is 5.82 Å². The Kier molecular flexibility index (Phi) is 6.14. The van der Waals surface area contributed by atoms with Gasteiger partial charge in [0.25, 0.3) is 0 Å². The van der Waals surface area contributed by atoms with Crippen LogP contribution in [0, 0.1) is 11.7 Å². The van der Waals surface area contributed by atoms with Gasteiger partial charge in [0.2, 0.25) is 0 Å². The van der Waals surface area contributed by atoms with Gasteiger partial charge >= 0.3 is 12.0 Å². The Hall–Kier alpha value is -2.11. The maximum atomic E-state index is 13.0. The highest BCUT2D eigenvalue weighted by atomic mass is 19.1. The molecule has 5 nitrogen and oxygen atoms in total. The predicted molar refractivity (Wildman–Crippen MR) is 79.0 cm³/mol. The largest absolute Gasteiger partial charge is 0.478 e. The average Bonchev–Trinajstić information content (AvgIpc) is 2.40. The number of hydrogen-bond donors (Lipinski definition) is 3. The van der Waals surface area contributed by atoms with Gasteiger partial charge in [-0.1, -0.05) is 20.3 Å². The van der Waals surface area contributed by atoms with E-state index in [1.54, 1.807) is 0 Å². The quantitative estimate of drug-likeness (QED) is 0.752. The molecular weight excluding hydrogens is 275 g/mol. The summed E-state index contributed by atoms with van der Waals surface area (Å²) in [6.07, 6.45) is 1.86. The summed E-state index contributed by atoms with van der Waals surface area (Å²) in [6, 6.07) is 2.68. The predicted octanol–water partition coefficient (Wildman–Crippen LogP) is 3.47. The van der Waals surface area contributed by atoms with Crippen LogP contribution in [0.3, 0.4) is 0 Å². The number of carboxylic acid groups (broad SMARTS) is 1. The molecule has 1 aromatic carbocycles. The van der Waals surface area contributed by atoms with E-state index in [-0.39, 0.29) is 17.3 Å². The highest BCUT2D eigenvalue weighted by Crippen LogP contribution is 2.17. The molecule has 116 valence electrons. The fraction of sp³-hybridized carbons (Fsp3) is 0.467. The van der Waals surface area contributed by atoms with E-state index in [1.807, 2.05) is 6.92 Å². The number of aromatic carboxylic acids is 1. The Bertz CT molecular complexity index is 520. The zero-order valence-corrected chi connectivity index (χ0v) is 12.4. The maximum absolute atomic E-state index is 13.0. The van der Waals surface area contributed by atoms with Crippen molar-refractivity contribution in [2.24, 2.45) is 5.92 Å². The number of halogens is 1. The van der Waals surface area contributed by atoms with Crippen molar-refractivity contribution in [3.8, 4) is 0 Å². The van der Waals surface area contributed by atoms with Crippen LogP contribution in [-0.2, 0) is 0 Å². The van der Waals surface area contributed by atoms with Crippen molar-refractivity contribution < 1.29 is 19.1 Å². The van der Waals surface area contributed by atoms with Gasteiger partial charge < -0.3 is 15.7 Å². The summed E-state index contributed by atoms with van der Waals surface area (Å²) in [7, 11) is 0. The van der Waals surface area contributed by atoms with Crippen molar-refractivity contribution >= 4 is 17.7 Å². The minimum atomic E-state index is -1.29. The topological polar surface area (TPSA) is 78.4 Å². The van der Waals surface area contributed by atoms with Gasteiger partial charge in [-0.15, -0.1) is 0 Å².